The van der Waals surface area contributed by atoms with E-state index in [0.29, 0.717) is 0 Å². The zero-order valence-corrected chi connectivity index (χ0v) is 6.82. The zero-order valence-electron chi connectivity index (χ0n) is 6.00. The zero-order chi connectivity index (χ0) is 7.68. The molecule has 0 aliphatic heterocycles. The molecule has 2 aromatic rings. The van der Waals surface area contributed by atoms with Crippen LogP contribution in [0.1, 0.15) is 5.56 Å². The minimum Gasteiger partial charge on any atom is -0.143 e. The molecule has 0 saturated carbocycles. The molecule has 0 spiro atoms. The predicted molar refractivity (Wildman–Crippen MR) is 50.8 cm³/mol. The van der Waals surface area contributed by atoms with Crippen molar-refractivity contribution in [3.63, 3.8) is 0 Å². The SMILES string of the molecule is C=Cc1cccc2[c]csc12. The normalized spacial score (nSPS) is 10.2. The van der Waals surface area contributed by atoms with Crippen LogP contribution in [-0.2, 0) is 0 Å². The first-order valence-corrected chi connectivity index (χ1v) is 4.30. The van der Waals surface area contributed by atoms with E-state index in [-0.39, 0.29) is 0 Å². The standard InChI is InChI=1S/C10H7S/c1-2-8-4-3-5-9-6-7-11-10(8)9/h2-5,7H,1H2. The van der Waals surface area contributed by atoms with Gasteiger partial charge in [0.25, 0.3) is 0 Å². The van der Waals surface area contributed by atoms with Crippen LogP contribution >= 0.6 is 11.3 Å². The van der Waals surface area contributed by atoms with Crippen molar-refractivity contribution in [2.45, 2.75) is 0 Å². The van der Waals surface area contributed by atoms with Crippen molar-refractivity contribution in [2.75, 3.05) is 0 Å². The molecule has 2 rings (SSSR count). The molecule has 0 fully saturated rings. The van der Waals surface area contributed by atoms with Crippen molar-refractivity contribution < 1.29 is 0 Å². The molecule has 0 nitrogen and oxygen atoms in total. The van der Waals surface area contributed by atoms with Gasteiger partial charge in [0.05, 0.1) is 0 Å². The lowest BCUT2D eigenvalue weighted by Crippen LogP contribution is -1.69. The Bertz CT molecular complexity index is 384. The van der Waals surface area contributed by atoms with Crippen molar-refractivity contribution in [1.82, 2.24) is 0 Å². The lowest BCUT2D eigenvalue weighted by Gasteiger charge is -1.92. The van der Waals surface area contributed by atoms with E-state index in [9.17, 15) is 0 Å². The second kappa shape index (κ2) is 2.51. The molecule has 1 heteroatoms. The van der Waals surface area contributed by atoms with Crippen LogP contribution in [0.4, 0.5) is 0 Å². The number of rotatable bonds is 1. The fourth-order valence-corrected chi connectivity index (χ4v) is 1.96. The van der Waals surface area contributed by atoms with E-state index in [1.807, 2.05) is 17.5 Å². The van der Waals surface area contributed by atoms with Crippen molar-refractivity contribution in [3.8, 4) is 0 Å². The molecule has 0 N–H and O–H groups in total. The Labute approximate surface area is 69.8 Å². The van der Waals surface area contributed by atoms with Crippen LogP contribution in [0.25, 0.3) is 16.2 Å². The molecule has 0 aliphatic rings. The van der Waals surface area contributed by atoms with Gasteiger partial charge in [-0.15, -0.1) is 11.3 Å². The van der Waals surface area contributed by atoms with Crippen LogP contribution < -0.4 is 0 Å². The van der Waals surface area contributed by atoms with E-state index in [1.165, 1.54) is 15.6 Å². The molecular weight excluding hydrogens is 152 g/mol. The minimum absolute atomic E-state index is 1.19. The molecular formula is C10H7S. The Morgan fingerprint density at radius 3 is 3.18 bits per heavy atom. The van der Waals surface area contributed by atoms with Crippen LogP contribution in [0.5, 0.6) is 0 Å². The average molecular weight is 159 g/mol. The summed E-state index contributed by atoms with van der Waals surface area (Å²) in [5, 5.41) is 3.17. The van der Waals surface area contributed by atoms with Crippen molar-refractivity contribution in [1.29, 1.82) is 0 Å². The maximum absolute atomic E-state index is 3.75. The second-order valence-corrected chi connectivity index (χ2v) is 3.19. The highest BCUT2D eigenvalue weighted by Crippen LogP contribution is 2.24. The van der Waals surface area contributed by atoms with Crippen LogP contribution in [0, 0.1) is 6.07 Å². The third-order valence-corrected chi connectivity index (χ3v) is 2.58. The van der Waals surface area contributed by atoms with Gasteiger partial charge < -0.3 is 0 Å². The van der Waals surface area contributed by atoms with Gasteiger partial charge in [0, 0.05) is 16.2 Å². The largest absolute Gasteiger partial charge is 0.143 e. The summed E-state index contributed by atoms with van der Waals surface area (Å²) in [5.74, 6) is 0. The Balaban J connectivity index is 2.88. The Morgan fingerprint density at radius 1 is 1.45 bits per heavy atom. The van der Waals surface area contributed by atoms with Crippen molar-refractivity contribution in [3.05, 3.63) is 41.8 Å². The molecule has 1 heterocycles. The van der Waals surface area contributed by atoms with Gasteiger partial charge >= 0.3 is 0 Å². The highest BCUT2D eigenvalue weighted by atomic mass is 32.1. The summed E-state index contributed by atoms with van der Waals surface area (Å²) in [7, 11) is 0. The second-order valence-electron chi connectivity index (χ2n) is 2.31. The molecule has 0 aliphatic carbocycles. The van der Waals surface area contributed by atoms with Crippen LogP contribution in [0.15, 0.2) is 30.2 Å². The van der Waals surface area contributed by atoms with Gasteiger partial charge in [-0.25, -0.2) is 0 Å². The van der Waals surface area contributed by atoms with Gasteiger partial charge in [0.2, 0.25) is 0 Å². The van der Waals surface area contributed by atoms with Crippen molar-refractivity contribution in [2.24, 2.45) is 0 Å². The molecule has 0 amide bonds. The number of benzene rings is 1. The van der Waals surface area contributed by atoms with Crippen LogP contribution in [0.2, 0.25) is 0 Å². The molecule has 0 bridgehead atoms. The van der Waals surface area contributed by atoms with Gasteiger partial charge in [0.15, 0.2) is 0 Å². The first kappa shape index (κ1) is 6.62. The number of hydrogen-bond donors (Lipinski definition) is 0. The van der Waals surface area contributed by atoms with Gasteiger partial charge in [-0.1, -0.05) is 30.9 Å². The van der Waals surface area contributed by atoms with Gasteiger partial charge in [-0.3, -0.25) is 0 Å². The molecule has 0 saturated heterocycles. The molecule has 11 heavy (non-hydrogen) atoms. The minimum atomic E-state index is 1.19. The summed E-state index contributed by atoms with van der Waals surface area (Å²) in [6, 6.07) is 9.33. The van der Waals surface area contributed by atoms with E-state index in [0.717, 1.165) is 0 Å². The molecule has 0 unspecified atom stereocenters. The Morgan fingerprint density at radius 2 is 2.36 bits per heavy atom. The highest BCUT2D eigenvalue weighted by Gasteiger charge is 1.96. The Hall–Kier alpha value is -1.08. The highest BCUT2D eigenvalue weighted by molar-refractivity contribution is 7.17. The topological polar surface area (TPSA) is 0 Å². The summed E-state index contributed by atoms with van der Waals surface area (Å²) < 4.78 is 1.28. The predicted octanol–water partition coefficient (Wildman–Crippen LogP) is 3.34. The smallest absolute Gasteiger partial charge is 0.0421 e. The maximum Gasteiger partial charge on any atom is 0.0421 e. The van der Waals surface area contributed by atoms with E-state index < -0.39 is 0 Å². The fraction of sp³-hybridized carbons (Fsp3) is 0. The third kappa shape index (κ3) is 0.976. The van der Waals surface area contributed by atoms with Crippen molar-refractivity contribution >= 4 is 27.5 Å². The summed E-state index contributed by atoms with van der Waals surface area (Å²) in [4.78, 5) is 0. The molecule has 1 radical (unpaired) electrons. The van der Waals surface area contributed by atoms with E-state index in [2.05, 4.69) is 24.8 Å². The summed E-state index contributed by atoms with van der Waals surface area (Å²) in [6.07, 6.45) is 1.88. The van der Waals surface area contributed by atoms with E-state index >= 15 is 0 Å². The van der Waals surface area contributed by atoms with Crippen LogP contribution in [-0.4, -0.2) is 0 Å². The van der Waals surface area contributed by atoms with E-state index in [1.54, 1.807) is 11.3 Å². The number of hydrogen-bond acceptors (Lipinski definition) is 1. The first-order valence-electron chi connectivity index (χ1n) is 3.42. The lowest BCUT2D eigenvalue weighted by molar-refractivity contribution is 1.80. The number of thiophene rings is 1. The van der Waals surface area contributed by atoms with Gasteiger partial charge in [0.1, 0.15) is 0 Å². The fourth-order valence-electron chi connectivity index (χ4n) is 1.11. The summed E-state index contributed by atoms with van der Waals surface area (Å²) >= 11 is 1.71. The summed E-state index contributed by atoms with van der Waals surface area (Å²) in [6.45, 7) is 3.75. The lowest BCUT2D eigenvalue weighted by atomic mass is 10.2. The molecule has 1 aromatic carbocycles. The Kier molecular flexibility index (Phi) is 1.51. The van der Waals surface area contributed by atoms with Crippen LogP contribution in [0.3, 0.4) is 0 Å². The monoisotopic (exact) mass is 159 g/mol. The quantitative estimate of drug-likeness (QED) is 0.598. The van der Waals surface area contributed by atoms with Gasteiger partial charge in [-0.05, 0) is 10.9 Å². The molecule has 53 valence electrons. The number of fused-ring (bicyclic) bond motifs is 1. The molecule has 0 atom stereocenters. The molecule has 1 aromatic heterocycles. The van der Waals surface area contributed by atoms with Gasteiger partial charge in [-0.2, -0.15) is 0 Å². The maximum atomic E-state index is 3.75. The summed E-state index contributed by atoms with van der Waals surface area (Å²) in [5.41, 5.74) is 1.20. The average Bonchev–Trinajstić information content (AvgIpc) is 2.50. The third-order valence-electron chi connectivity index (χ3n) is 1.66. The van der Waals surface area contributed by atoms with E-state index in [4.69, 9.17) is 0 Å². The first-order chi connectivity index (χ1) is 5.42.